The van der Waals surface area contributed by atoms with E-state index in [1.165, 1.54) is 4.31 Å². The molecule has 31 heavy (non-hydrogen) atoms. The Balaban J connectivity index is 1.44. The Kier molecular flexibility index (Phi) is 7.62. The molecular formula is C20H29N5O4S2. The Morgan fingerprint density at radius 3 is 2.26 bits per heavy atom. The molecule has 0 bridgehead atoms. The van der Waals surface area contributed by atoms with Crippen molar-refractivity contribution in [3.8, 4) is 11.4 Å². The Bertz CT molecular complexity index is 952. The Hall–Kier alpha value is -1.50. The fourth-order valence-electron chi connectivity index (χ4n) is 3.70. The molecule has 0 unspecified atom stereocenters. The molecule has 0 spiro atoms. The molecule has 1 aromatic carbocycles. The van der Waals surface area contributed by atoms with Crippen molar-refractivity contribution < 1.29 is 17.9 Å². The summed E-state index contributed by atoms with van der Waals surface area (Å²) >= 11 is 1.70. The van der Waals surface area contributed by atoms with Crippen LogP contribution in [0.3, 0.4) is 0 Å². The molecule has 0 aliphatic carbocycles. The molecule has 0 radical (unpaired) electrons. The number of aromatic nitrogens is 3. The number of hydrogen-bond donors (Lipinski definition) is 0. The maximum Gasteiger partial charge on any atom is 0.243 e. The minimum atomic E-state index is -3.50. The molecule has 1 aromatic heterocycles. The SMILES string of the molecule is CCn1c(SCCN2CCOCC2)nnc1-c1ccc(S(=O)(=O)N2CCOCC2)cc1. The first-order chi connectivity index (χ1) is 15.1. The van der Waals surface area contributed by atoms with Crippen LogP contribution in [-0.4, -0.2) is 97.3 Å². The summed E-state index contributed by atoms with van der Waals surface area (Å²) < 4.78 is 39.9. The number of nitrogens with zero attached hydrogens (tertiary/aromatic N) is 5. The first-order valence-electron chi connectivity index (χ1n) is 10.6. The van der Waals surface area contributed by atoms with Crippen molar-refractivity contribution in [2.24, 2.45) is 0 Å². The molecule has 2 aliphatic rings. The highest BCUT2D eigenvalue weighted by molar-refractivity contribution is 7.99. The zero-order valence-corrected chi connectivity index (χ0v) is 19.4. The number of thioether (sulfide) groups is 1. The second kappa shape index (κ2) is 10.4. The van der Waals surface area contributed by atoms with Gasteiger partial charge in [-0.3, -0.25) is 4.90 Å². The molecule has 2 aliphatic heterocycles. The van der Waals surface area contributed by atoms with Gasteiger partial charge in [0.25, 0.3) is 0 Å². The van der Waals surface area contributed by atoms with Gasteiger partial charge in [-0.25, -0.2) is 8.42 Å². The Morgan fingerprint density at radius 2 is 1.61 bits per heavy atom. The van der Waals surface area contributed by atoms with Crippen LogP contribution in [0, 0.1) is 0 Å². The van der Waals surface area contributed by atoms with Gasteiger partial charge in [-0.2, -0.15) is 4.31 Å². The van der Waals surface area contributed by atoms with Crippen LogP contribution in [0.25, 0.3) is 11.4 Å². The van der Waals surface area contributed by atoms with Gasteiger partial charge in [-0.05, 0) is 31.2 Å². The predicted molar refractivity (Wildman–Crippen MR) is 119 cm³/mol. The van der Waals surface area contributed by atoms with Crippen molar-refractivity contribution in [3.63, 3.8) is 0 Å². The highest BCUT2D eigenvalue weighted by Gasteiger charge is 2.26. The summed E-state index contributed by atoms with van der Waals surface area (Å²) in [5, 5.41) is 9.65. The summed E-state index contributed by atoms with van der Waals surface area (Å²) in [6.45, 7) is 9.01. The molecule has 2 fully saturated rings. The molecular weight excluding hydrogens is 438 g/mol. The van der Waals surface area contributed by atoms with Crippen LogP contribution < -0.4 is 0 Å². The summed E-state index contributed by atoms with van der Waals surface area (Å²) in [6, 6.07) is 6.93. The fourth-order valence-corrected chi connectivity index (χ4v) is 6.11. The summed E-state index contributed by atoms with van der Waals surface area (Å²) in [7, 11) is -3.50. The smallest absolute Gasteiger partial charge is 0.243 e. The van der Waals surface area contributed by atoms with Crippen LogP contribution in [0.4, 0.5) is 0 Å². The maximum absolute atomic E-state index is 12.8. The van der Waals surface area contributed by atoms with E-state index in [4.69, 9.17) is 9.47 Å². The van der Waals surface area contributed by atoms with Crippen LogP contribution in [0.5, 0.6) is 0 Å². The standard InChI is InChI=1S/C20H29N5O4S2/c1-2-25-19(21-22-20(25)30-16-11-23-7-12-28-13-8-23)17-3-5-18(6-4-17)31(26,27)24-9-14-29-15-10-24/h3-6H,2,7-16H2,1H3. The minimum absolute atomic E-state index is 0.292. The van der Waals surface area contributed by atoms with Crippen molar-refractivity contribution >= 4 is 21.8 Å². The largest absolute Gasteiger partial charge is 0.379 e. The first-order valence-corrected chi connectivity index (χ1v) is 13.1. The lowest BCUT2D eigenvalue weighted by Crippen LogP contribution is -2.40. The van der Waals surface area contributed by atoms with Gasteiger partial charge in [0.05, 0.1) is 31.3 Å². The summed E-state index contributed by atoms with van der Waals surface area (Å²) in [5.74, 6) is 1.70. The van der Waals surface area contributed by atoms with E-state index in [1.807, 2.05) is 12.1 Å². The summed E-state index contributed by atoms with van der Waals surface area (Å²) in [4.78, 5) is 2.69. The van der Waals surface area contributed by atoms with Crippen molar-refractivity contribution in [1.82, 2.24) is 24.0 Å². The molecule has 0 N–H and O–H groups in total. The van der Waals surface area contributed by atoms with E-state index in [-0.39, 0.29) is 0 Å². The summed E-state index contributed by atoms with van der Waals surface area (Å²) in [6.07, 6.45) is 0. The number of sulfonamides is 1. The third kappa shape index (κ3) is 5.29. The maximum atomic E-state index is 12.8. The molecule has 2 aromatic rings. The van der Waals surface area contributed by atoms with E-state index < -0.39 is 10.0 Å². The minimum Gasteiger partial charge on any atom is -0.379 e. The Morgan fingerprint density at radius 1 is 0.968 bits per heavy atom. The zero-order chi connectivity index (χ0) is 21.7. The first kappa shape index (κ1) is 22.7. The molecule has 9 nitrogen and oxygen atoms in total. The van der Waals surface area contributed by atoms with E-state index in [1.54, 1.807) is 23.9 Å². The average Bonchev–Trinajstić information content (AvgIpc) is 3.23. The van der Waals surface area contributed by atoms with E-state index in [0.29, 0.717) is 31.2 Å². The fraction of sp³-hybridized carbons (Fsp3) is 0.600. The second-order valence-electron chi connectivity index (χ2n) is 7.39. The van der Waals surface area contributed by atoms with E-state index >= 15 is 0 Å². The van der Waals surface area contributed by atoms with Crippen LogP contribution in [-0.2, 0) is 26.0 Å². The van der Waals surface area contributed by atoms with Gasteiger partial charge < -0.3 is 14.0 Å². The highest BCUT2D eigenvalue weighted by atomic mass is 32.2. The van der Waals surface area contributed by atoms with Crippen LogP contribution >= 0.6 is 11.8 Å². The second-order valence-corrected chi connectivity index (χ2v) is 10.4. The van der Waals surface area contributed by atoms with E-state index in [2.05, 4.69) is 26.6 Å². The van der Waals surface area contributed by atoms with Crippen molar-refractivity contribution in [3.05, 3.63) is 24.3 Å². The third-order valence-corrected chi connectivity index (χ3v) is 8.36. The number of rotatable bonds is 8. The average molecular weight is 468 g/mol. The Labute approximate surface area is 187 Å². The number of ether oxygens (including phenoxy) is 2. The lowest BCUT2D eigenvalue weighted by Gasteiger charge is -2.26. The van der Waals surface area contributed by atoms with Gasteiger partial charge in [-0.1, -0.05) is 11.8 Å². The lowest BCUT2D eigenvalue weighted by atomic mass is 10.2. The number of morpholine rings is 2. The van der Waals surface area contributed by atoms with Gasteiger partial charge >= 0.3 is 0 Å². The lowest BCUT2D eigenvalue weighted by molar-refractivity contribution is 0.0410. The quantitative estimate of drug-likeness (QED) is 0.539. The molecule has 0 amide bonds. The number of hydrogen-bond acceptors (Lipinski definition) is 8. The topological polar surface area (TPSA) is 89.8 Å². The van der Waals surface area contributed by atoms with Crippen molar-refractivity contribution in [2.75, 3.05) is 64.9 Å². The predicted octanol–water partition coefficient (Wildman–Crippen LogP) is 1.41. The van der Waals surface area contributed by atoms with Gasteiger partial charge in [0, 0.05) is 50.6 Å². The van der Waals surface area contributed by atoms with Crippen LogP contribution in [0.15, 0.2) is 34.3 Å². The van der Waals surface area contributed by atoms with Crippen LogP contribution in [0.1, 0.15) is 6.92 Å². The molecule has 11 heteroatoms. The summed E-state index contributed by atoms with van der Waals surface area (Å²) in [5.41, 5.74) is 0.857. The normalized spacial score (nSPS) is 19.0. The molecule has 170 valence electrons. The van der Waals surface area contributed by atoms with E-state index in [0.717, 1.165) is 61.7 Å². The van der Waals surface area contributed by atoms with Crippen molar-refractivity contribution in [1.29, 1.82) is 0 Å². The third-order valence-electron chi connectivity index (χ3n) is 5.50. The number of benzene rings is 1. The molecule has 3 heterocycles. The highest BCUT2D eigenvalue weighted by Crippen LogP contribution is 2.26. The monoisotopic (exact) mass is 467 g/mol. The zero-order valence-electron chi connectivity index (χ0n) is 17.8. The van der Waals surface area contributed by atoms with Gasteiger partial charge in [0.2, 0.25) is 10.0 Å². The van der Waals surface area contributed by atoms with Crippen LogP contribution in [0.2, 0.25) is 0 Å². The molecule has 0 saturated carbocycles. The van der Waals surface area contributed by atoms with Gasteiger partial charge in [-0.15, -0.1) is 10.2 Å². The molecule has 0 atom stereocenters. The van der Waals surface area contributed by atoms with Gasteiger partial charge in [0.15, 0.2) is 11.0 Å². The van der Waals surface area contributed by atoms with Crippen molar-refractivity contribution in [2.45, 2.75) is 23.5 Å². The van der Waals surface area contributed by atoms with E-state index in [9.17, 15) is 8.42 Å². The molecule has 2 saturated heterocycles. The van der Waals surface area contributed by atoms with Gasteiger partial charge in [0.1, 0.15) is 0 Å². The molecule has 4 rings (SSSR count).